The van der Waals surface area contributed by atoms with Crippen molar-refractivity contribution in [2.45, 2.75) is 20.4 Å². The van der Waals surface area contributed by atoms with Crippen LogP contribution in [0.3, 0.4) is 0 Å². The fourth-order valence-electron chi connectivity index (χ4n) is 1.45. The molecule has 0 fully saturated rings. The highest BCUT2D eigenvalue weighted by molar-refractivity contribution is 5.16. The molecule has 0 aliphatic heterocycles. The molecular weight excluding hydrogens is 216 g/mol. The predicted molar refractivity (Wildman–Crippen MR) is 63.5 cm³/mol. The minimum atomic E-state index is 0.614. The summed E-state index contributed by atoms with van der Waals surface area (Å²) in [5.41, 5.74) is 0. The number of hydrogen-bond donors (Lipinski definition) is 1. The molecule has 0 spiro atoms. The van der Waals surface area contributed by atoms with Gasteiger partial charge in [-0.3, -0.25) is 4.98 Å². The van der Waals surface area contributed by atoms with E-state index in [1.54, 1.807) is 23.3 Å². The van der Waals surface area contributed by atoms with E-state index in [4.69, 9.17) is 0 Å². The fourth-order valence-corrected chi connectivity index (χ4v) is 1.45. The van der Waals surface area contributed by atoms with Crippen molar-refractivity contribution in [2.75, 3.05) is 6.54 Å². The summed E-state index contributed by atoms with van der Waals surface area (Å²) in [6, 6.07) is 0. The molecule has 0 unspecified atom stereocenters. The third-order valence-electron chi connectivity index (χ3n) is 2.22. The van der Waals surface area contributed by atoms with E-state index >= 15 is 0 Å². The molecule has 6 nitrogen and oxygen atoms in total. The summed E-state index contributed by atoms with van der Waals surface area (Å²) in [5, 5.41) is 7.47. The van der Waals surface area contributed by atoms with Gasteiger partial charge in [-0.05, 0) is 12.5 Å². The summed E-state index contributed by atoms with van der Waals surface area (Å²) in [7, 11) is 0. The molecule has 6 heteroatoms. The summed E-state index contributed by atoms with van der Waals surface area (Å²) >= 11 is 0. The molecule has 2 rings (SSSR count). The molecule has 0 aliphatic rings. The Kier molecular flexibility index (Phi) is 3.77. The molecule has 0 aliphatic carbocycles. The van der Waals surface area contributed by atoms with Gasteiger partial charge >= 0.3 is 0 Å². The summed E-state index contributed by atoms with van der Waals surface area (Å²) in [5.74, 6) is 2.14. The Hall–Kier alpha value is -1.82. The molecule has 1 N–H and O–H groups in total. The lowest BCUT2D eigenvalue weighted by atomic mass is 10.2. The first-order chi connectivity index (χ1) is 8.27. The number of nitrogens with zero attached hydrogens (tertiary/aromatic N) is 5. The predicted octanol–water partition coefficient (Wildman–Crippen LogP) is 0.803. The summed E-state index contributed by atoms with van der Waals surface area (Å²) in [6.07, 6.45) is 6.47. The van der Waals surface area contributed by atoms with Gasteiger partial charge in [0.2, 0.25) is 0 Å². The largest absolute Gasteiger partial charge is 0.310 e. The van der Waals surface area contributed by atoms with Gasteiger partial charge in [0.1, 0.15) is 12.2 Å². The van der Waals surface area contributed by atoms with Gasteiger partial charge in [-0.1, -0.05) is 13.8 Å². The van der Waals surface area contributed by atoms with Gasteiger partial charge in [0.25, 0.3) is 0 Å². The Morgan fingerprint density at radius 1 is 1.29 bits per heavy atom. The molecule has 0 atom stereocenters. The van der Waals surface area contributed by atoms with E-state index in [1.165, 1.54) is 6.33 Å². The third kappa shape index (κ3) is 3.07. The van der Waals surface area contributed by atoms with E-state index in [0.29, 0.717) is 18.3 Å². The summed E-state index contributed by atoms with van der Waals surface area (Å²) in [6.45, 7) is 5.96. The molecule has 17 heavy (non-hydrogen) atoms. The first kappa shape index (κ1) is 11.7. The van der Waals surface area contributed by atoms with Crippen molar-refractivity contribution < 1.29 is 0 Å². The van der Waals surface area contributed by atoms with E-state index in [-0.39, 0.29) is 0 Å². The van der Waals surface area contributed by atoms with Gasteiger partial charge in [0.05, 0.1) is 12.7 Å². The standard InChI is InChI=1S/C11H16N6/c1-9(2)5-13-7-11-15-8-16-17(11)10-6-12-3-4-14-10/h3-4,6,8-9,13H,5,7H2,1-2H3. The van der Waals surface area contributed by atoms with Gasteiger partial charge in [-0.2, -0.15) is 9.78 Å². The Balaban J connectivity index is 2.07. The van der Waals surface area contributed by atoms with Crippen LogP contribution in [0.25, 0.3) is 5.82 Å². The Bertz CT molecular complexity index is 450. The summed E-state index contributed by atoms with van der Waals surface area (Å²) in [4.78, 5) is 12.4. The van der Waals surface area contributed by atoms with Crippen molar-refractivity contribution in [3.8, 4) is 5.82 Å². The molecule has 0 saturated heterocycles. The maximum Gasteiger partial charge on any atom is 0.174 e. The molecule has 90 valence electrons. The zero-order valence-corrected chi connectivity index (χ0v) is 10.0. The van der Waals surface area contributed by atoms with Crippen LogP contribution >= 0.6 is 0 Å². The lowest BCUT2D eigenvalue weighted by molar-refractivity contribution is 0.537. The molecule has 2 heterocycles. The van der Waals surface area contributed by atoms with E-state index in [0.717, 1.165) is 12.4 Å². The van der Waals surface area contributed by atoms with Crippen LogP contribution in [0.2, 0.25) is 0 Å². The molecule has 2 aromatic heterocycles. The van der Waals surface area contributed by atoms with Crippen LogP contribution in [0.4, 0.5) is 0 Å². The first-order valence-electron chi connectivity index (χ1n) is 5.63. The Labute approximate surface area is 100 Å². The molecule has 0 bridgehead atoms. The van der Waals surface area contributed by atoms with Gasteiger partial charge in [-0.25, -0.2) is 9.97 Å². The van der Waals surface area contributed by atoms with E-state index in [1.807, 2.05) is 0 Å². The SMILES string of the molecule is CC(C)CNCc1ncnn1-c1cnccn1. The van der Waals surface area contributed by atoms with Crippen molar-refractivity contribution in [1.29, 1.82) is 0 Å². The van der Waals surface area contributed by atoms with Crippen molar-refractivity contribution >= 4 is 0 Å². The highest BCUT2D eigenvalue weighted by Crippen LogP contribution is 2.02. The van der Waals surface area contributed by atoms with Gasteiger partial charge in [0, 0.05) is 12.4 Å². The van der Waals surface area contributed by atoms with Crippen LogP contribution in [0.15, 0.2) is 24.9 Å². The van der Waals surface area contributed by atoms with Crippen LogP contribution in [-0.2, 0) is 6.54 Å². The first-order valence-corrected chi connectivity index (χ1v) is 5.63. The van der Waals surface area contributed by atoms with Gasteiger partial charge in [-0.15, -0.1) is 0 Å². The molecule has 0 saturated carbocycles. The minimum absolute atomic E-state index is 0.614. The number of nitrogens with one attached hydrogen (secondary N) is 1. The minimum Gasteiger partial charge on any atom is -0.310 e. The lowest BCUT2D eigenvalue weighted by Gasteiger charge is -2.07. The van der Waals surface area contributed by atoms with Crippen LogP contribution in [0.5, 0.6) is 0 Å². The third-order valence-corrected chi connectivity index (χ3v) is 2.22. The van der Waals surface area contributed by atoms with Crippen molar-refractivity contribution in [3.63, 3.8) is 0 Å². The van der Waals surface area contributed by atoms with E-state index in [9.17, 15) is 0 Å². The van der Waals surface area contributed by atoms with Crippen molar-refractivity contribution in [1.82, 2.24) is 30.0 Å². The maximum absolute atomic E-state index is 4.21. The van der Waals surface area contributed by atoms with Crippen LogP contribution in [0, 0.1) is 5.92 Å². The smallest absolute Gasteiger partial charge is 0.174 e. The normalized spacial score (nSPS) is 11.0. The van der Waals surface area contributed by atoms with Crippen molar-refractivity contribution in [3.05, 3.63) is 30.7 Å². The summed E-state index contributed by atoms with van der Waals surface area (Å²) < 4.78 is 1.69. The monoisotopic (exact) mass is 232 g/mol. The van der Waals surface area contributed by atoms with Crippen LogP contribution in [-0.4, -0.2) is 31.3 Å². The van der Waals surface area contributed by atoms with E-state index in [2.05, 4.69) is 39.2 Å². The molecule has 2 aromatic rings. The second-order valence-corrected chi connectivity index (χ2v) is 4.18. The second-order valence-electron chi connectivity index (χ2n) is 4.18. The maximum atomic E-state index is 4.21. The zero-order chi connectivity index (χ0) is 12.1. The molecule has 0 radical (unpaired) electrons. The average Bonchev–Trinajstić information content (AvgIpc) is 2.78. The molecule has 0 amide bonds. The Morgan fingerprint density at radius 3 is 2.88 bits per heavy atom. The Morgan fingerprint density at radius 2 is 2.18 bits per heavy atom. The zero-order valence-electron chi connectivity index (χ0n) is 10.0. The fraction of sp³-hybridized carbons (Fsp3) is 0.455. The topological polar surface area (TPSA) is 68.5 Å². The van der Waals surface area contributed by atoms with Crippen LogP contribution < -0.4 is 5.32 Å². The number of aromatic nitrogens is 5. The number of rotatable bonds is 5. The quantitative estimate of drug-likeness (QED) is 0.826. The lowest BCUT2D eigenvalue weighted by Crippen LogP contribution is -2.21. The average molecular weight is 232 g/mol. The second kappa shape index (κ2) is 5.49. The van der Waals surface area contributed by atoms with Gasteiger partial charge in [0.15, 0.2) is 5.82 Å². The number of hydrogen-bond acceptors (Lipinski definition) is 5. The molecular formula is C11H16N6. The highest BCUT2D eigenvalue weighted by Gasteiger charge is 2.07. The van der Waals surface area contributed by atoms with Gasteiger partial charge < -0.3 is 5.32 Å². The van der Waals surface area contributed by atoms with E-state index < -0.39 is 0 Å². The van der Waals surface area contributed by atoms with Crippen LogP contribution in [0.1, 0.15) is 19.7 Å². The van der Waals surface area contributed by atoms with Crippen molar-refractivity contribution in [2.24, 2.45) is 5.92 Å². The highest BCUT2D eigenvalue weighted by atomic mass is 15.4. The molecule has 0 aromatic carbocycles.